The number of ether oxygens (including phenoxy) is 1. The van der Waals surface area contributed by atoms with E-state index in [0.29, 0.717) is 0 Å². The van der Waals surface area contributed by atoms with Crippen LogP contribution in [0.4, 0.5) is 5.69 Å². The van der Waals surface area contributed by atoms with Gasteiger partial charge in [-0.05, 0) is 37.8 Å². The van der Waals surface area contributed by atoms with Crippen LogP contribution in [0.1, 0.15) is 31.7 Å². The van der Waals surface area contributed by atoms with E-state index in [4.69, 9.17) is 10.5 Å². The van der Waals surface area contributed by atoms with Crippen molar-refractivity contribution >= 4 is 5.69 Å². The van der Waals surface area contributed by atoms with E-state index in [-0.39, 0.29) is 0 Å². The van der Waals surface area contributed by atoms with Crippen molar-refractivity contribution in [1.29, 1.82) is 0 Å². The molecule has 0 heterocycles. The second kappa shape index (κ2) is 6.10. The van der Waals surface area contributed by atoms with Crippen molar-refractivity contribution in [2.45, 2.75) is 32.7 Å². The molecule has 1 aromatic carbocycles. The molecule has 3 heteroatoms. The summed E-state index contributed by atoms with van der Waals surface area (Å²) in [5.41, 5.74) is 7.79. The molecule has 1 aliphatic carbocycles. The van der Waals surface area contributed by atoms with E-state index in [1.807, 2.05) is 12.1 Å². The highest BCUT2D eigenvalue weighted by Gasteiger charge is 2.24. The van der Waals surface area contributed by atoms with Crippen molar-refractivity contribution in [2.24, 2.45) is 5.92 Å². The van der Waals surface area contributed by atoms with E-state index >= 15 is 0 Å². The summed E-state index contributed by atoms with van der Waals surface area (Å²) >= 11 is 0. The molecule has 1 fully saturated rings. The van der Waals surface area contributed by atoms with Gasteiger partial charge in [-0.2, -0.15) is 0 Å². The smallest absolute Gasteiger partial charge is 0.125 e. The molecular weight excluding hydrogens is 224 g/mol. The Balaban J connectivity index is 2.04. The molecule has 2 rings (SSSR count). The SMILES string of the molecule is CCCN(Cc1ccc(N)cc1OC)CC1CC1. The molecule has 2 N–H and O–H groups in total. The molecule has 0 bridgehead atoms. The summed E-state index contributed by atoms with van der Waals surface area (Å²) in [4.78, 5) is 2.53. The van der Waals surface area contributed by atoms with Gasteiger partial charge in [0, 0.05) is 30.4 Å². The van der Waals surface area contributed by atoms with Gasteiger partial charge in [-0.25, -0.2) is 0 Å². The topological polar surface area (TPSA) is 38.5 Å². The summed E-state index contributed by atoms with van der Waals surface area (Å²) in [5.74, 6) is 1.84. The van der Waals surface area contributed by atoms with Crippen molar-refractivity contribution in [1.82, 2.24) is 4.90 Å². The number of rotatable bonds is 7. The van der Waals surface area contributed by atoms with Gasteiger partial charge < -0.3 is 10.5 Å². The molecule has 0 aromatic heterocycles. The minimum atomic E-state index is 0.764. The molecular formula is C15H24N2O. The third kappa shape index (κ3) is 3.64. The average Bonchev–Trinajstić information content (AvgIpc) is 3.15. The van der Waals surface area contributed by atoms with Gasteiger partial charge >= 0.3 is 0 Å². The molecule has 0 atom stereocenters. The van der Waals surface area contributed by atoms with Crippen molar-refractivity contribution < 1.29 is 4.74 Å². The Morgan fingerprint density at radius 3 is 2.78 bits per heavy atom. The zero-order valence-electron chi connectivity index (χ0n) is 11.5. The number of nitrogen functional groups attached to an aromatic ring is 1. The quantitative estimate of drug-likeness (QED) is 0.754. The van der Waals surface area contributed by atoms with E-state index < -0.39 is 0 Å². The predicted octanol–water partition coefficient (Wildman–Crippen LogP) is 2.90. The summed E-state index contributed by atoms with van der Waals surface area (Å²) < 4.78 is 5.42. The van der Waals surface area contributed by atoms with E-state index in [1.165, 1.54) is 31.4 Å². The van der Waals surface area contributed by atoms with Crippen LogP contribution in [0.5, 0.6) is 5.75 Å². The van der Waals surface area contributed by atoms with Crippen molar-refractivity contribution in [3.05, 3.63) is 23.8 Å². The largest absolute Gasteiger partial charge is 0.496 e. The molecule has 1 aliphatic rings. The van der Waals surface area contributed by atoms with Gasteiger partial charge in [0.1, 0.15) is 5.75 Å². The molecule has 1 aromatic rings. The maximum atomic E-state index is 5.79. The maximum Gasteiger partial charge on any atom is 0.125 e. The van der Waals surface area contributed by atoms with Crippen LogP contribution in [0, 0.1) is 5.92 Å². The van der Waals surface area contributed by atoms with Crippen LogP contribution in [0.2, 0.25) is 0 Å². The first-order valence-corrected chi connectivity index (χ1v) is 6.87. The monoisotopic (exact) mass is 248 g/mol. The molecule has 0 aliphatic heterocycles. The Labute approximate surface area is 110 Å². The zero-order chi connectivity index (χ0) is 13.0. The Hall–Kier alpha value is -1.22. The molecule has 0 radical (unpaired) electrons. The number of nitrogens with two attached hydrogens (primary N) is 1. The van der Waals surface area contributed by atoms with E-state index in [9.17, 15) is 0 Å². The standard InChI is InChI=1S/C15H24N2O/c1-3-8-17(10-12-4-5-12)11-13-6-7-14(16)9-15(13)18-2/h6-7,9,12H,3-5,8,10-11,16H2,1-2H3. The second-order valence-electron chi connectivity index (χ2n) is 5.25. The second-order valence-corrected chi connectivity index (χ2v) is 5.25. The molecule has 3 nitrogen and oxygen atoms in total. The molecule has 100 valence electrons. The summed E-state index contributed by atoms with van der Waals surface area (Å²) in [6.45, 7) is 5.58. The Morgan fingerprint density at radius 2 is 2.17 bits per heavy atom. The molecule has 0 saturated heterocycles. The minimum Gasteiger partial charge on any atom is -0.496 e. The van der Waals surface area contributed by atoms with Gasteiger partial charge in [0.15, 0.2) is 0 Å². The van der Waals surface area contributed by atoms with Gasteiger partial charge in [-0.1, -0.05) is 13.0 Å². The Morgan fingerprint density at radius 1 is 1.39 bits per heavy atom. The van der Waals surface area contributed by atoms with Crippen molar-refractivity contribution in [3.8, 4) is 5.75 Å². The third-order valence-corrected chi connectivity index (χ3v) is 3.46. The summed E-state index contributed by atoms with van der Waals surface area (Å²) in [5, 5.41) is 0. The molecule has 0 spiro atoms. The molecule has 1 saturated carbocycles. The average molecular weight is 248 g/mol. The molecule has 18 heavy (non-hydrogen) atoms. The van der Waals surface area contributed by atoms with E-state index in [2.05, 4.69) is 17.9 Å². The lowest BCUT2D eigenvalue weighted by atomic mass is 10.1. The van der Waals surface area contributed by atoms with Crippen LogP contribution in [0.15, 0.2) is 18.2 Å². The fourth-order valence-electron chi connectivity index (χ4n) is 2.35. The lowest BCUT2D eigenvalue weighted by Crippen LogP contribution is -2.26. The highest BCUT2D eigenvalue weighted by molar-refractivity contribution is 5.48. The van der Waals surface area contributed by atoms with Gasteiger partial charge in [-0.3, -0.25) is 4.90 Å². The Bertz CT molecular complexity index is 388. The number of hydrogen-bond donors (Lipinski definition) is 1. The van der Waals surface area contributed by atoms with Gasteiger partial charge in [0.05, 0.1) is 7.11 Å². The first-order chi connectivity index (χ1) is 8.72. The highest BCUT2D eigenvalue weighted by Crippen LogP contribution is 2.31. The van der Waals surface area contributed by atoms with Crippen LogP contribution in [-0.2, 0) is 6.54 Å². The summed E-state index contributed by atoms with van der Waals surface area (Å²) in [6.07, 6.45) is 4.00. The number of methoxy groups -OCH3 is 1. The van der Waals surface area contributed by atoms with Crippen molar-refractivity contribution in [3.63, 3.8) is 0 Å². The van der Waals surface area contributed by atoms with Gasteiger partial charge in [-0.15, -0.1) is 0 Å². The lowest BCUT2D eigenvalue weighted by molar-refractivity contribution is 0.251. The third-order valence-electron chi connectivity index (χ3n) is 3.46. The number of hydrogen-bond acceptors (Lipinski definition) is 3. The minimum absolute atomic E-state index is 0.764. The molecule has 0 unspecified atom stereocenters. The normalized spacial score (nSPS) is 15.1. The highest BCUT2D eigenvalue weighted by atomic mass is 16.5. The van der Waals surface area contributed by atoms with Crippen molar-refractivity contribution in [2.75, 3.05) is 25.9 Å². The van der Waals surface area contributed by atoms with Crippen LogP contribution in [-0.4, -0.2) is 25.1 Å². The maximum absolute atomic E-state index is 5.79. The number of benzene rings is 1. The van der Waals surface area contributed by atoms with Crippen LogP contribution >= 0.6 is 0 Å². The summed E-state index contributed by atoms with van der Waals surface area (Å²) in [7, 11) is 1.71. The van der Waals surface area contributed by atoms with Gasteiger partial charge in [0.25, 0.3) is 0 Å². The first-order valence-electron chi connectivity index (χ1n) is 6.87. The van der Waals surface area contributed by atoms with Crippen LogP contribution in [0.25, 0.3) is 0 Å². The number of anilines is 1. The van der Waals surface area contributed by atoms with Crippen LogP contribution in [0.3, 0.4) is 0 Å². The van der Waals surface area contributed by atoms with E-state index in [0.717, 1.165) is 30.4 Å². The zero-order valence-corrected chi connectivity index (χ0v) is 11.5. The fraction of sp³-hybridized carbons (Fsp3) is 0.600. The fourth-order valence-corrected chi connectivity index (χ4v) is 2.35. The predicted molar refractivity (Wildman–Crippen MR) is 75.7 cm³/mol. The lowest BCUT2D eigenvalue weighted by Gasteiger charge is -2.22. The van der Waals surface area contributed by atoms with E-state index in [1.54, 1.807) is 7.11 Å². The van der Waals surface area contributed by atoms with Crippen LogP contribution < -0.4 is 10.5 Å². The number of nitrogens with zero attached hydrogens (tertiary/aromatic N) is 1. The molecule has 0 amide bonds. The first kappa shape index (κ1) is 13.2. The van der Waals surface area contributed by atoms with Gasteiger partial charge in [0.2, 0.25) is 0 Å². The Kier molecular flexibility index (Phi) is 4.48. The summed E-state index contributed by atoms with van der Waals surface area (Å²) in [6, 6.07) is 5.96.